The van der Waals surface area contributed by atoms with Crippen LogP contribution in [0.3, 0.4) is 0 Å². The van der Waals surface area contributed by atoms with Gasteiger partial charge < -0.3 is 4.57 Å². The Bertz CT molecular complexity index is 867. The Morgan fingerprint density at radius 2 is 1.69 bits per heavy atom. The van der Waals surface area contributed by atoms with Crippen LogP contribution >= 0.6 is 9.69 Å². The van der Waals surface area contributed by atoms with Crippen molar-refractivity contribution < 1.29 is 30.5 Å². The molecule has 132 valence electrons. The molecule has 2 nitrogen and oxygen atoms in total. The molecule has 26 heavy (non-hydrogen) atoms. The standard InChI is InChI=1S/C19H16F3N2.ClH.Zn/c1-12-5-4-6-13(2)17(12)16-11-23-18(24(16)3)14-7-9-15(10-8-14)19(20,21)22;;/h4-7,9-11H,1-3H3;1H;/q-1;;+2/p-1. The maximum atomic E-state index is 12.7. The molecule has 1 aromatic heterocycles. The maximum absolute atomic E-state index is 12.7. The Balaban J connectivity index is 0.00000117. The van der Waals surface area contributed by atoms with Crippen molar-refractivity contribution >= 4 is 9.69 Å². The third-order valence-corrected chi connectivity index (χ3v) is 4.11. The van der Waals surface area contributed by atoms with Crippen LogP contribution in [0.25, 0.3) is 22.6 Å². The summed E-state index contributed by atoms with van der Waals surface area (Å²) in [5.41, 5.74) is 4.08. The Hall–Kier alpha value is -1.65. The van der Waals surface area contributed by atoms with Gasteiger partial charge in [-0.15, -0.1) is 29.8 Å². The molecule has 0 aliphatic carbocycles. The average molecular weight is 430 g/mol. The van der Waals surface area contributed by atoms with Crippen molar-refractivity contribution in [1.29, 1.82) is 0 Å². The summed E-state index contributed by atoms with van der Waals surface area (Å²) in [4.78, 5) is 4.39. The second kappa shape index (κ2) is 8.36. The van der Waals surface area contributed by atoms with E-state index >= 15 is 0 Å². The first-order valence-electron chi connectivity index (χ1n) is 7.73. The zero-order valence-corrected chi connectivity index (χ0v) is 18.4. The SMILES string of the molecule is Cc1cccc(C)c1-c1cnc(-c2[c-]cc(C(F)(F)F)cc2)n1C.[Cl][Zn+]. The van der Waals surface area contributed by atoms with Crippen LogP contribution < -0.4 is 0 Å². The molecule has 0 amide bonds. The van der Waals surface area contributed by atoms with Crippen LogP contribution in [-0.4, -0.2) is 9.55 Å². The number of aryl methyl sites for hydroxylation is 2. The summed E-state index contributed by atoms with van der Waals surface area (Å²) in [6.45, 7) is 4.05. The molecule has 0 fully saturated rings. The fourth-order valence-corrected chi connectivity index (χ4v) is 2.85. The molecule has 0 unspecified atom stereocenters. The van der Waals surface area contributed by atoms with Crippen LogP contribution in [0.15, 0.2) is 42.6 Å². The Kier molecular flexibility index (Phi) is 6.65. The Labute approximate surface area is 164 Å². The summed E-state index contributed by atoms with van der Waals surface area (Å²) < 4.78 is 39.9. The molecule has 0 atom stereocenters. The molecule has 7 heteroatoms. The van der Waals surface area contributed by atoms with Crippen molar-refractivity contribution in [3.8, 4) is 22.6 Å². The Morgan fingerprint density at radius 1 is 1.08 bits per heavy atom. The zero-order valence-electron chi connectivity index (χ0n) is 14.7. The first kappa shape index (κ1) is 20.7. The number of rotatable bonds is 2. The van der Waals surface area contributed by atoms with Crippen molar-refractivity contribution in [2.24, 2.45) is 7.05 Å². The van der Waals surface area contributed by atoms with Crippen LogP contribution in [-0.2, 0) is 30.5 Å². The molecular weight excluding hydrogens is 414 g/mol. The van der Waals surface area contributed by atoms with E-state index in [0.717, 1.165) is 51.8 Å². The van der Waals surface area contributed by atoms with E-state index in [9.17, 15) is 13.2 Å². The molecule has 0 radical (unpaired) electrons. The molecular formula is C19H16ClF3N2Zn. The number of hydrogen-bond donors (Lipinski definition) is 0. The second-order valence-electron chi connectivity index (χ2n) is 5.78. The number of halogens is 4. The molecule has 0 aliphatic rings. The topological polar surface area (TPSA) is 17.8 Å². The summed E-state index contributed by atoms with van der Waals surface area (Å²) >= 11 is 0.847. The van der Waals surface area contributed by atoms with Gasteiger partial charge >= 0.3 is 33.2 Å². The van der Waals surface area contributed by atoms with Crippen LogP contribution in [0.5, 0.6) is 0 Å². The minimum absolute atomic E-state index is 0.531. The summed E-state index contributed by atoms with van der Waals surface area (Å²) in [7, 11) is 6.62. The van der Waals surface area contributed by atoms with Gasteiger partial charge in [0, 0.05) is 18.8 Å². The van der Waals surface area contributed by atoms with E-state index in [1.165, 1.54) is 6.07 Å². The summed E-state index contributed by atoms with van der Waals surface area (Å²) in [5, 5.41) is 0. The average Bonchev–Trinajstić information content (AvgIpc) is 2.97. The first-order chi connectivity index (χ1) is 12.3. The molecule has 0 saturated heterocycles. The van der Waals surface area contributed by atoms with Crippen molar-refractivity contribution in [1.82, 2.24) is 9.55 Å². The van der Waals surface area contributed by atoms with E-state index in [0.29, 0.717) is 11.4 Å². The molecule has 0 N–H and O–H groups in total. The Morgan fingerprint density at radius 3 is 2.19 bits per heavy atom. The third kappa shape index (κ3) is 4.18. The van der Waals surface area contributed by atoms with Gasteiger partial charge in [0.25, 0.3) is 0 Å². The van der Waals surface area contributed by atoms with E-state index < -0.39 is 11.7 Å². The van der Waals surface area contributed by atoms with E-state index in [2.05, 4.69) is 11.1 Å². The summed E-state index contributed by atoms with van der Waals surface area (Å²) in [6.07, 6.45) is -2.61. The number of benzene rings is 2. The fraction of sp³-hybridized carbons (Fsp3) is 0.211. The molecule has 0 aliphatic heterocycles. The predicted molar refractivity (Wildman–Crippen MR) is 93.2 cm³/mol. The van der Waals surface area contributed by atoms with E-state index in [4.69, 9.17) is 9.69 Å². The molecule has 3 aromatic rings. The normalized spacial score (nSPS) is 11.1. The van der Waals surface area contributed by atoms with Crippen molar-refractivity contribution in [2.45, 2.75) is 20.0 Å². The summed E-state index contributed by atoms with van der Waals surface area (Å²) in [5.74, 6) is 0.585. The zero-order chi connectivity index (χ0) is 19.5. The second-order valence-corrected chi connectivity index (χ2v) is 5.78. The molecule has 3 rings (SSSR count). The molecule has 0 saturated carbocycles. The van der Waals surface area contributed by atoms with E-state index in [1.54, 1.807) is 6.20 Å². The number of alkyl halides is 3. The summed E-state index contributed by atoms with van der Waals surface area (Å²) in [6, 6.07) is 12.2. The monoisotopic (exact) mass is 428 g/mol. The van der Waals surface area contributed by atoms with Gasteiger partial charge in [-0.2, -0.15) is 13.2 Å². The van der Waals surface area contributed by atoms with Crippen molar-refractivity contribution in [3.05, 3.63) is 65.4 Å². The first-order valence-corrected chi connectivity index (χ1v) is 11.6. The van der Waals surface area contributed by atoms with E-state index in [1.807, 2.05) is 43.7 Å². The van der Waals surface area contributed by atoms with Crippen LogP contribution in [0.2, 0.25) is 0 Å². The number of aromatic nitrogens is 2. The van der Waals surface area contributed by atoms with Crippen LogP contribution in [0, 0.1) is 19.9 Å². The van der Waals surface area contributed by atoms with Gasteiger partial charge in [0.05, 0.1) is 11.5 Å². The van der Waals surface area contributed by atoms with Gasteiger partial charge in [-0.1, -0.05) is 18.2 Å². The minimum atomic E-state index is -4.36. The van der Waals surface area contributed by atoms with Gasteiger partial charge in [0.2, 0.25) is 0 Å². The van der Waals surface area contributed by atoms with Gasteiger partial charge in [0.15, 0.2) is 0 Å². The number of nitrogens with zero attached hydrogens (tertiary/aromatic N) is 2. The molecule has 0 bridgehead atoms. The molecule has 2 aromatic carbocycles. The molecule has 0 spiro atoms. The fourth-order valence-electron chi connectivity index (χ4n) is 2.85. The third-order valence-electron chi connectivity index (χ3n) is 4.11. The van der Waals surface area contributed by atoms with Crippen LogP contribution in [0.1, 0.15) is 16.7 Å². The van der Waals surface area contributed by atoms with Crippen molar-refractivity contribution in [2.75, 3.05) is 0 Å². The van der Waals surface area contributed by atoms with Gasteiger partial charge in [0.1, 0.15) is 0 Å². The predicted octanol–water partition coefficient (Wildman–Crippen LogP) is 5.88. The van der Waals surface area contributed by atoms with E-state index in [-0.39, 0.29) is 0 Å². The van der Waals surface area contributed by atoms with Crippen LogP contribution in [0.4, 0.5) is 13.2 Å². The number of imidazole rings is 1. The van der Waals surface area contributed by atoms with Gasteiger partial charge in [-0.05, 0) is 30.5 Å². The van der Waals surface area contributed by atoms with Crippen molar-refractivity contribution in [3.63, 3.8) is 0 Å². The number of hydrogen-bond acceptors (Lipinski definition) is 1. The van der Waals surface area contributed by atoms with Gasteiger partial charge in [-0.3, -0.25) is 4.98 Å². The quantitative estimate of drug-likeness (QED) is 0.367. The van der Waals surface area contributed by atoms with Gasteiger partial charge in [-0.25, -0.2) is 0 Å². The molecule has 1 heterocycles.